The van der Waals surface area contributed by atoms with Crippen LogP contribution in [0.1, 0.15) is 18.9 Å². The van der Waals surface area contributed by atoms with E-state index in [2.05, 4.69) is 12.1 Å². The van der Waals surface area contributed by atoms with Crippen LogP contribution in [0.25, 0.3) is 5.57 Å². The molecular weight excluding hydrogens is 234 g/mol. The van der Waals surface area contributed by atoms with Crippen LogP contribution in [0.15, 0.2) is 35.9 Å². The van der Waals surface area contributed by atoms with Crippen molar-refractivity contribution < 1.29 is 4.79 Å². The first-order valence-corrected chi connectivity index (χ1v) is 6.33. The Morgan fingerprint density at radius 2 is 2.06 bits per heavy atom. The molecule has 1 aliphatic rings. The monoisotopic (exact) mass is 249 g/mol. The normalized spacial score (nSPS) is 16.2. The molecule has 90 valence electrons. The molecule has 17 heavy (non-hydrogen) atoms. The molecule has 3 heteroatoms. The maximum Gasteiger partial charge on any atom is 0.219 e. The first kappa shape index (κ1) is 12.2. The number of carbonyl (C=O) groups is 1. The number of benzene rings is 1. The summed E-state index contributed by atoms with van der Waals surface area (Å²) in [7, 11) is 0. The summed E-state index contributed by atoms with van der Waals surface area (Å²) in [5, 5.41) is 0. The van der Waals surface area contributed by atoms with Gasteiger partial charge in [0, 0.05) is 25.9 Å². The summed E-state index contributed by atoms with van der Waals surface area (Å²) >= 11 is 5.99. The van der Waals surface area contributed by atoms with Gasteiger partial charge in [-0.3, -0.25) is 4.79 Å². The molecule has 2 rings (SSSR count). The highest BCUT2D eigenvalue weighted by Crippen LogP contribution is 2.27. The Labute approximate surface area is 107 Å². The van der Waals surface area contributed by atoms with Gasteiger partial charge in [-0.1, -0.05) is 30.3 Å². The number of carbonyl (C=O) groups excluding carboxylic acids is 1. The Morgan fingerprint density at radius 1 is 1.35 bits per heavy atom. The van der Waals surface area contributed by atoms with E-state index in [4.69, 9.17) is 11.6 Å². The molecule has 0 fully saturated rings. The fourth-order valence-corrected chi connectivity index (χ4v) is 2.45. The number of nitrogens with zero attached hydrogens (tertiary/aromatic N) is 1. The number of rotatable bonds is 2. The van der Waals surface area contributed by atoms with Crippen LogP contribution in [-0.4, -0.2) is 29.8 Å². The third-order valence-electron chi connectivity index (χ3n) is 3.19. The second-order valence-electron chi connectivity index (χ2n) is 4.27. The second kappa shape index (κ2) is 5.37. The average molecular weight is 250 g/mol. The lowest BCUT2D eigenvalue weighted by Gasteiger charge is -2.30. The molecule has 1 amide bonds. The third-order valence-corrected chi connectivity index (χ3v) is 3.51. The molecule has 1 aliphatic heterocycles. The summed E-state index contributed by atoms with van der Waals surface area (Å²) in [5.41, 5.74) is 3.64. The molecule has 1 heterocycles. The summed E-state index contributed by atoms with van der Waals surface area (Å²) in [6, 6.07) is 10.2. The van der Waals surface area contributed by atoms with Gasteiger partial charge in [-0.25, -0.2) is 0 Å². The third kappa shape index (κ3) is 2.70. The molecule has 1 aromatic rings. The van der Waals surface area contributed by atoms with Crippen molar-refractivity contribution in [1.29, 1.82) is 0 Å². The van der Waals surface area contributed by atoms with Crippen molar-refractivity contribution in [3.8, 4) is 0 Å². The van der Waals surface area contributed by atoms with Crippen molar-refractivity contribution >= 4 is 23.1 Å². The van der Waals surface area contributed by atoms with E-state index in [1.54, 1.807) is 6.92 Å². The largest absolute Gasteiger partial charge is 0.338 e. The van der Waals surface area contributed by atoms with Crippen molar-refractivity contribution in [2.45, 2.75) is 13.3 Å². The van der Waals surface area contributed by atoms with E-state index in [1.165, 1.54) is 16.7 Å². The molecule has 0 N–H and O–H groups in total. The van der Waals surface area contributed by atoms with E-state index < -0.39 is 0 Å². The maximum atomic E-state index is 11.4. The fourth-order valence-electron chi connectivity index (χ4n) is 2.15. The van der Waals surface area contributed by atoms with Gasteiger partial charge in [0.2, 0.25) is 5.91 Å². The van der Waals surface area contributed by atoms with Crippen LogP contribution in [0.3, 0.4) is 0 Å². The lowest BCUT2D eigenvalue weighted by molar-refractivity contribution is -0.128. The van der Waals surface area contributed by atoms with E-state index >= 15 is 0 Å². The van der Waals surface area contributed by atoms with E-state index in [1.807, 2.05) is 23.1 Å². The first-order valence-electron chi connectivity index (χ1n) is 5.80. The summed E-state index contributed by atoms with van der Waals surface area (Å²) in [5.74, 6) is 0.683. The maximum absolute atomic E-state index is 11.4. The van der Waals surface area contributed by atoms with Crippen LogP contribution in [0.2, 0.25) is 0 Å². The van der Waals surface area contributed by atoms with Crippen LogP contribution in [-0.2, 0) is 4.79 Å². The standard InChI is InChI=1S/C14H16ClNO/c1-11(17)16-8-7-13(9-15)14(10-16)12-5-3-2-4-6-12/h2-6H,7-10H2,1H3. The van der Waals surface area contributed by atoms with Gasteiger partial charge in [-0.2, -0.15) is 0 Å². The molecular formula is C14H16ClNO. The van der Waals surface area contributed by atoms with E-state index in [-0.39, 0.29) is 5.91 Å². The zero-order chi connectivity index (χ0) is 12.3. The van der Waals surface area contributed by atoms with E-state index in [9.17, 15) is 4.79 Å². The molecule has 1 aromatic carbocycles. The van der Waals surface area contributed by atoms with Gasteiger partial charge in [0.15, 0.2) is 0 Å². The number of amides is 1. The van der Waals surface area contributed by atoms with Crippen molar-refractivity contribution in [2.24, 2.45) is 0 Å². The highest BCUT2D eigenvalue weighted by Gasteiger charge is 2.20. The zero-order valence-electron chi connectivity index (χ0n) is 9.95. The smallest absolute Gasteiger partial charge is 0.219 e. The zero-order valence-corrected chi connectivity index (χ0v) is 10.7. The van der Waals surface area contributed by atoms with Gasteiger partial charge >= 0.3 is 0 Å². The molecule has 0 radical (unpaired) electrons. The van der Waals surface area contributed by atoms with Crippen molar-refractivity contribution in [3.63, 3.8) is 0 Å². The number of hydrogen-bond donors (Lipinski definition) is 0. The Morgan fingerprint density at radius 3 is 2.65 bits per heavy atom. The Balaban J connectivity index is 2.33. The van der Waals surface area contributed by atoms with Crippen LogP contribution in [0, 0.1) is 0 Å². The summed E-state index contributed by atoms with van der Waals surface area (Å²) < 4.78 is 0. The Kier molecular flexibility index (Phi) is 3.85. The SMILES string of the molecule is CC(=O)N1CCC(CCl)=C(c2ccccc2)C1. The Bertz CT molecular complexity index is 439. The highest BCUT2D eigenvalue weighted by atomic mass is 35.5. The molecule has 0 spiro atoms. The molecule has 0 saturated heterocycles. The lowest BCUT2D eigenvalue weighted by Crippen LogP contribution is -2.35. The highest BCUT2D eigenvalue weighted by molar-refractivity contribution is 6.20. The topological polar surface area (TPSA) is 20.3 Å². The minimum absolute atomic E-state index is 0.132. The first-order chi connectivity index (χ1) is 8.22. The van der Waals surface area contributed by atoms with E-state index in [0.29, 0.717) is 12.4 Å². The molecule has 0 bridgehead atoms. The lowest BCUT2D eigenvalue weighted by atomic mass is 9.95. The van der Waals surface area contributed by atoms with Crippen LogP contribution < -0.4 is 0 Å². The second-order valence-corrected chi connectivity index (χ2v) is 4.54. The predicted molar refractivity (Wildman–Crippen MR) is 71.0 cm³/mol. The fraction of sp³-hybridized carbons (Fsp3) is 0.357. The summed E-state index contributed by atoms with van der Waals surface area (Å²) in [6.45, 7) is 3.09. The number of halogens is 1. The minimum atomic E-state index is 0.132. The van der Waals surface area contributed by atoms with Crippen LogP contribution in [0.5, 0.6) is 0 Å². The molecule has 0 aliphatic carbocycles. The van der Waals surface area contributed by atoms with Gasteiger partial charge in [0.1, 0.15) is 0 Å². The number of alkyl halides is 1. The van der Waals surface area contributed by atoms with Crippen molar-refractivity contribution in [3.05, 3.63) is 41.5 Å². The van der Waals surface area contributed by atoms with Gasteiger partial charge in [0.25, 0.3) is 0 Å². The van der Waals surface area contributed by atoms with Crippen LogP contribution in [0.4, 0.5) is 0 Å². The van der Waals surface area contributed by atoms with Gasteiger partial charge in [-0.05, 0) is 23.1 Å². The van der Waals surface area contributed by atoms with Gasteiger partial charge in [-0.15, -0.1) is 11.6 Å². The van der Waals surface area contributed by atoms with Gasteiger partial charge in [0.05, 0.1) is 0 Å². The molecule has 0 saturated carbocycles. The van der Waals surface area contributed by atoms with Crippen molar-refractivity contribution in [2.75, 3.05) is 19.0 Å². The number of hydrogen-bond acceptors (Lipinski definition) is 1. The minimum Gasteiger partial charge on any atom is -0.338 e. The van der Waals surface area contributed by atoms with Gasteiger partial charge < -0.3 is 4.90 Å². The average Bonchev–Trinajstić information content (AvgIpc) is 2.39. The molecule has 2 nitrogen and oxygen atoms in total. The van der Waals surface area contributed by atoms with E-state index in [0.717, 1.165) is 13.0 Å². The molecule has 0 aromatic heterocycles. The Hall–Kier alpha value is -1.28. The summed E-state index contributed by atoms with van der Waals surface area (Å²) in [6.07, 6.45) is 0.882. The van der Waals surface area contributed by atoms with Crippen LogP contribution >= 0.6 is 11.6 Å². The van der Waals surface area contributed by atoms with Crippen molar-refractivity contribution in [1.82, 2.24) is 4.90 Å². The quantitative estimate of drug-likeness (QED) is 0.738. The predicted octanol–water partition coefficient (Wildman–Crippen LogP) is 2.93. The molecule has 0 atom stereocenters. The summed E-state index contributed by atoms with van der Waals surface area (Å²) in [4.78, 5) is 13.3. The molecule has 0 unspecified atom stereocenters.